The van der Waals surface area contributed by atoms with Crippen LogP contribution in [-0.2, 0) is 16.6 Å². The number of piperidine rings is 1. The first-order valence-electron chi connectivity index (χ1n) is 12.1. The lowest BCUT2D eigenvalue weighted by atomic mass is 9.97. The Bertz CT molecular complexity index is 1820. The van der Waals surface area contributed by atoms with Crippen LogP contribution in [0.3, 0.4) is 0 Å². The van der Waals surface area contributed by atoms with Crippen molar-refractivity contribution in [3.8, 4) is 0 Å². The molecule has 0 bridgehead atoms. The van der Waals surface area contributed by atoms with Crippen LogP contribution in [0.5, 0.6) is 0 Å². The number of hydrogen-bond acceptors (Lipinski definition) is 6. The first kappa shape index (κ1) is 25.0. The van der Waals surface area contributed by atoms with Gasteiger partial charge in [0.25, 0.3) is 5.56 Å². The van der Waals surface area contributed by atoms with Crippen LogP contribution in [0.1, 0.15) is 30.1 Å². The molecule has 1 fully saturated rings. The predicted octanol–water partition coefficient (Wildman–Crippen LogP) is 4.59. The molecule has 5 aromatic rings. The van der Waals surface area contributed by atoms with Gasteiger partial charge in [-0.15, -0.1) is 5.10 Å². The molecule has 0 atom stereocenters. The van der Waals surface area contributed by atoms with Gasteiger partial charge in [-0.3, -0.25) is 4.79 Å². The SMILES string of the molecule is O=c1[nH]c(C2CCN(S(=O)(=O)c3cccc4ccccc34)CC2)nc2c1nnn2Cc1c(Cl)cccc1Cl. The first-order chi connectivity index (χ1) is 18.3. The molecular weight excluding hydrogens is 547 g/mol. The number of nitrogens with zero attached hydrogens (tertiary/aromatic N) is 5. The number of aromatic amines is 1. The summed E-state index contributed by atoms with van der Waals surface area (Å²) >= 11 is 12.6. The van der Waals surface area contributed by atoms with Gasteiger partial charge in [0.05, 0.1) is 11.4 Å². The molecule has 0 unspecified atom stereocenters. The minimum Gasteiger partial charge on any atom is -0.308 e. The van der Waals surface area contributed by atoms with Crippen LogP contribution in [-0.4, -0.2) is 50.8 Å². The van der Waals surface area contributed by atoms with Crippen molar-refractivity contribution in [1.29, 1.82) is 0 Å². The van der Waals surface area contributed by atoms with Gasteiger partial charge in [-0.1, -0.05) is 70.9 Å². The average molecular weight is 569 g/mol. The Labute approximate surface area is 228 Å². The van der Waals surface area contributed by atoms with E-state index in [1.165, 1.54) is 8.99 Å². The fraction of sp³-hybridized carbons (Fsp3) is 0.231. The van der Waals surface area contributed by atoms with Gasteiger partial charge in [0.2, 0.25) is 10.0 Å². The van der Waals surface area contributed by atoms with Gasteiger partial charge >= 0.3 is 0 Å². The Balaban J connectivity index is 1.26. The summed E-state index contributed by atoms with van der Waals surface area (Å²) in [6.45, 7) is 0.821. The standard InChI is InChI=1S/C26H22Cl2N6O3S/c27-20-8-4-9-21(28)19(20)15-34-25-23(31-32-34)26(35)30-24(29-25)17-11-13-33(14-12-17)38(36,37)22-10-3-6-16-5-1-2-7-18(16)22/h1-10,17H,11-15H2,(H,29,30,35). The third-order valence-electron chi connectivity index (χ3n) is 6.97. The Kier molecular flexibility index (Phi) is 6.43. The lowest BCUT2D eigenvalue weighted by Crippen LogP contribution is -2.38. The molecule has 12 heteroatoms. The summed E-state index contributed by atoms with van der Waals surface area (Å²) in [6, 6.07) is 18.0. The fourth-order valence-electron chi connectivity index (χ4n) is 4.95. The summed E-state index contributed by atoms with van der Waals surface area (Å²) in [7, 11) is -3.69. The number of rotatable bonds is 5. The molecule has 0 radical (unpaired) electrons. The van der Waals surface area contributed by atoms with Crippen LogP contribution >= 0.6 is 23.2 Å². The van der Waals surface area contributed by atoms with Gasteiger partial charge in [0.15, 0.2) is 11.2 Å². The van der Waals surface area contributed by atoms with Crippen LogP contribution in [0, 0.1) is 0 Å². The highest BCUT2D eigenvalue weighted by Gasteiger charge is 2.32. The quantitative estimate of drug-likeness (QED) is 0.331. The summed E-state index contributed by atoms with van der Waals surface area (Å²) in [5.41, 5.74) is 0.698. The minimum absolute atomic E-state index is 0.118. The van der Waals surface area contributed by atoms with Crippen LogP contribution in [0.2, 0.25) is 10.0 Å². The number of hydrogen-bond donors (Lipinski definition) is 1. The predicted molar refractivity (Wildman–Crippen MR) is 146 cm³/mol. The van der Waals surface area contributed by atoms with E-state index >= 15 is 0 Å². The molecule has 38 heavy (non-hydrogen) atoms. The molecule has 1 N–H and O–H groups in total. The van der Waals surface area contributed by atoms with Crippen LogP contribution in [0.25, 0.3) is 21.9 Å². The second kappa shape index (κ2) is 9.77. The third-order valence-corrected chi connectivity index (χ3v) is 9.63. The van der Waals surface area contributed by atoms with Crippen molar-refractivity contribution >= 4 is 55.2 Å². The van der Waals surface area contributed by atoms with Crippen molar-refractivity contribution < 1.29 is 8.42 Å². The normalized spacial score (nSPS) is 15.4. The van der Waals surface area contributed by atoms with Crippen LogP contribution < -0.4 is 5.56 Å². The fourth-order valence-corrected chi connectivity index (χ4v) is 7.15. The van der Waals surface area contributed by atoms with E-state index in [1.54, 1.807) is 30.3 Å². The molecule has 1 aliphatic rings. The zero-order valence-corrected chi connectivity index (χ0v) is 22.3. The van der Waals surface area contributed by atoms with Gasteiger partial charge in [-0.25, -0.2) is 18.1 Å². The van der Waals surface area contributed by atoms with Crippen molar-refractivity contribution in [3.05, 3.63) is 92.5 Å². The Morgan fingerprint density at radius 1 is 0.947 bits per heavy atom. The maximum atomic E-state index is 13.5. The molecule has 3 aromatic carbocycles. The number of aromatic nitrogens is 5. The van der Waals surface area contributed by atoms with Crippen LogP contribution in [0.15, 0.2) is 70.4 Å². The Morgan fingerprint density at radius 2 is 1.63 bits per heavy atom. The molecule has 1 saturated heterocycles. The molecule has 0 saturated carbocycles. The third kappa shape index (κ3) is 4.37. The zero-order valence-electron chi connectivity index (χ0n) is 20.0. The molecule has 194 valence electrons. The van der Waals surface area contributed by atoms with E-state index in [9.17, 15) is 13.2 Å². The van der Waals surface area contributed by atoms with E-state index in [0.29, 0.717) is 63.3 Å². The average Bonchev–Trinajstić information content (AvgIpc) is 3.34. The van der Waals surface area contributed by atoms with Crippen molar-refractivity contribution in [3.63, 3.8) is 0 Å². The summed E-state index contributed by atoms with van der Waals surface area (Å²) in [5.74, 6) is 0.358. The number of H-pyrrole nitrogens is 1. The number of benzene rings is 3. The topological polar surface area (TPSA) is 114 Å². The molecule has 6 rings (SSSR count). The lowest BCUT2D eigenvalue weighted by Gasteiger charge is -2.31. The van der Waals surface area contributed by atoms with E-state index in [4.69, 9.17) is 23.2 Å². The van der Waals surface area contributed by atoms with E-state index in [2.05, 4.69) is 20.3 Å². The monoisotopic (exact) mass is 568 g/mol. The molecule has 0 aliphatic carbocycles. The summed E-state index contributed by atoms with van der Waals surface area (Å²) in [4.78, 5) is 20.6. The number of halogens is 2. The minimum atomic E-state index is -3.69. The molecule has 1 aliphatic heterocycles. The van der Waals surface area contributed by atoms with E-state index < -0.39 is 15.6 Å². The maximum Gasteiger partial charge on any atom is 0.281 e. The summed E-state index contributed by atoms with van der Waals surface area (Å²) in [5, 5.41) is 10.6. The molecule has 9 nitrogen and oxygen atoms in total. The van der Waals surface area contributed by atoms with Crippen LogP contribution in [0.4, 0.5) is 0 Å². The van der Waals surface area contributed by atoms with Crippen molar-refractivity contribution in [2.45, 2.75) is 30.2 Å². The Hall–Kier alpha value is -3.31. The molecular formula is C26H22Cl2N6O3S. The van der Waals surface area contributed by atoms with Crippen molar-refractivity contribution in [1.82, 2.24) is 29.3 Å². The summed E-state index contributed by atoms with van der Waals surface area (Å²) in [6.07, 6.45) is 1.02. The maximum absolute atomic E-state index is 13.5. The van der Waals surface area contributed by atoms with Crippen molar-refractivity contribution in [2.24, 2.45) is 0 Å². The van der Waals surface area contributed by atoms with Crippen molar-refractivity contribution in [2.75, 3.05) is 13.1 Å². The Morgan fingerprint density at radius 3 is 2.39 bits per heavy atom. The number of fused-ring (bicyclic) bond motifs is 2. The highest BCUT2D eigenvalue weighted by atomic mass is 35.5. The largest absolute Gasteiger partial charge is 0.308 e. The molecule has 0 spiro atoms. The number of sulfonamides is 1. The first-order valence-corrected chi connectivity index (χ1v) is 14.3. The second-order valence-electron chi connectivity index (χ2n) is 9.23. The van der Waals surface area contributed by atoms with Gasteiger partial charge in [0.1, 0.15) is 5.82 Å². The molecule has 2 aromatic heterocycles. The van der Waals surface area contributed by atoms with Gasteiger partial charge in [0, 0.05) is 40.0 Å². The number of nitrogens with one attached hydrogen (secondary N) is 1. The van der Waals surface area contributed by atoms with E-state index in [-0.39, 0.29) is 18.0 Å². The van der Waals surface area contributed by atoms with Gasteiger partial charge < -0.3 is 4.98 Å². The lowest BCUT2D eigenvalue weighted by molar-refractivity contribution is 0.313. The highest BCUT2D eigenvalue weighted by Crippen LogP contribution is 2.32. The van der Waals surface area contributed by atoms with Gasteiger partial charge in [-0.05, 0) is 36.4 Å². The van der Waals surface area contributed by atoms with E-state index in [1.807, 2.05) is 30.3 Å². The van der Waals surface area contributed by atoms with Gasteiger partial charge in [-0.2, -0.15) is 4.31 Å². The summed E-state index contributed by atoms with van der Waals surface area (Å²) < 4.78 is 30.1. The second-order valence-corrected chi connectivity index (χ2v) is 11.9. The molecule has 3 heterocycles. The zero-order chi connectivity index (χ0) is 26.4. The highest BCUT2D eigenvalue weighted by molar-refractivity contribution is 7.89. The van der Waals surface area contributed by atoms with E-state index in [0.717, 1.165) is 5.39 Å². The molecule has 0 amide bonds. The smallest absolute Gasteiger partial charge is 0.281 e.